The molecule has 2 fully saturated rings. The van der Waals surface area contributed by atoms with Gasteiger partial charge in [-0.15, -0.1) is 11.3 Å². The van der Waals surface area contributed by atoms with Gasteiger partial charge in [0.05, 0.1) is 25.1 Å². The number of nitrogens with zero attached hydrogens (tertiary/aromatic N) is 4. The molecule has 2 aliphatic heterocycles. The highest BCUT2D eigenvalue weighted by Gasteiger charge is 2.23. The molecule has 1 amide bonds. The van der Waals surface area contributed by atoms with Crippen molar-refractivity contribution in [3.05, 3.63) is 26.6 Å². The topological polar surface area (TPSA) is 67.7 Å². The second-order valence-electron chi connectivity index (χ2n) is 7.36. The molecule has 146 valence electrons. The van der Waals surface area contributed by atoms with Crippen LogP contribution in [0.1, 0.15) is 29.1 Å². The summed E-state index contributed by atoms with van der Waals surface area (Å²) < 4.78 is 6.94. The Morgan fingerprint density at radius 2 is 1.85 bits per heavy atom. The van der Waals surface area contributed by atoms with Crippen molar-refractivity contribution in [1.29, 1.82) is 0 Å². The van der Waals surface area contributed by atoms with Crippen LogP contribution in [0.4, 0.5) is 0 Å². The van der Waals surface area contributed by atoms with Gasteiger partial charge in [-0.1, -0.05) is 0 Å². The molecule has 0 bridgehead atoms. The number of ether oxygens (including phenoxy) is 1. The molecule has 4 heterocycles. The summed E-state index contributed by atoms with van der Waals surface area (Å²) in [6.07, 6.45) is 2.35. The average Bonchev–Trinajstić information content (AvgIpc) is 3.27. The van der Waals surface area contributed by atoms with Crippen LogP contribution in [0.25, 0.3) is 10.2 Å². The Kier molecular flexibility index (Phi) is 5.29. The van der Waals surface area contributed by atoms with E-state index in [0.29, 0.717) is 44.1 Å². The third-order valence-corrected chi connectivity index (χ3v) is 6.69. The number of aryl methyl sites for hydroxylation is 2. The minimum atomic E-state index is -0.0855. The summed E-state index contributed by atoms with van der Waals surface area (Å²) >= 11 is 1.57. The van der Waals surface area contributed by atoms with E-state index in [1.807, 2.05) is 13.8 Å². The summed E-state index contributed by atoms with van der Waals surface area (Å²) in [6, 6.07) is 0. The molecule has 2 aromatic heterocycles. The Hall–Kier alpha value is -1.77. The van der Waals surface area contributed by atoms with Crippen molar-refractivity contribution in [2.45, 2.75) is 39.8 Å². The molecule has 0 aliphatic carbocycles. The molecule has 4 rings (SSSR count). The molecule has 0 N–H and O–H groups in total. The van der Waals surface area contributed by atoms with E-state index in [1.54, 1.807) is 20.8 Å². The van der Waals surface area contributed by atoms with Crippen molar-refractivity contribution in [2.24, 2.45) is 0 Å². The van der Waals surface area contributed by atoms with Crippen LogP contribution >= 0.6 is 11.3 Å². The number of rotatable bonds is 4. The molecule has 0 unspecified atom stereocenters. The van der Waals surface area contributed by atoms with Crippen LogP contribution in [0, 0.1) is 13.8 Å². The van der Waals surface area contributed by atoms with Crippen molar-refractivity contribution in [2.75, 3.05) is 39.4 Å². The maximum absolute atomic E-state index is 13.3. The van der Waals surface area contributed by atoms with Gasteiger partial charge in [-0.3, -0.25) is 19.1 Å². The smallest absolute Gasteiger partial charge is 0.263 e. The highest BCUT2D eigenvalue weighted by molar-refractivity contribution is 7.18. The Morgan fingerprint density at radius 1 is 1.15 bits per heavy atom. The first-order chi connectivity index (χ1) is 13.0. The minimum absolute atomic E-state index is 0.0335. The fourth-order valence-corrected chi connectivity index (χ4v) is 4.88. The number of thiophene rings is 1. The lowest BCUT2D eigenvalue weighted by molar-refractivity contribution is -0.136. The van der Waals surface area contributed by atoms with Crippen molar-refractivity contribution in [1.82, 2.24) is 19.4 Å². The number of hydrogen-bond acceptors (Lipinski definition) is 6. The summed E-state index contributed by atoms with van der Waals surface area (Å²) in [5.74, 6) is 0.672. The zero-order chi connectivity index (χ0) is 19.0. The van der Waals surface area contributed by atoms with Crippen molar-refractivity contribution in [3.63, 3.8) is 0 Å². The fourth-order valence-electron chi connectivity index (χ4n) is 3.84. The summed E-state index contributed by atoms with van der Waals surface area (Å²) in [6.45, 7) is 8.99. The van der Waals surface area contributed by atoms with Gasteiger partial charge in [0, 0.05) is 18.0 Å². The number of hydrogen-bond donors (Lipinski definition) is 0. The van der Waals surface area contributed by atoms with E-state index in [-0.39, 0.29) is 18.0 Å². The quantitative estimate of drug-likeness (QED) is 0.792. The number of carbonyl (C=O) groups excluding carboxylic acids is 1. The molecular formula is C19H26N4O3S. The van der Waals surface area contributed by atoms with E-state index in [1.165, 1.54) is 12.8 Å². The van der Waals surface area contributed by atoms with E-state index < -0.39 is 0 Å². The maximum Gasteiger partial charge on any atom is 0.263 e. The highest BCUT2D eigenvalue weighted by atomic mass is 32.1. The van der Waals surface area contributed by atoms with E-state index in [0.717, 1.165) is 28.4 Å². The third kappa shape index (κ3) is 3.66. The number of aromatic nitrogens is 2. The molecule has 2 aliphatic rings. The molecule has 27 heavy (non-hydrogen) atoms. The van der Waals surface area contributed by atoms with Crippen LogP contribution in [-0.2, 0) is 22.6 Å². The molecule has 2 saturated heterocycles. The van der Waals surface area contributed by atoms with Gasteiger partial charge in [-0.25, -0.2) is 4.98 Å². The molecule has 2 aromatic rings. The first kappa shape index (κ1) is 18.6. The lowest BCUT2D eigenvalue weighted by atomic mass is 10.2. The molecule has 0 radical (unpaired) electrons. The van der Waals surface area contributed by atoms with E-state index in [4.69, 9.17) is 9.72 Å². The van der Waals surface area contributed by atoms with Gasteiger partial charge in [0.2, 0.25) is 5.91 Å². The predicted octanol–water partition coefficient (Wildman–Crippen LogP) is 1.53. The van der Waals surface area contributed by atoms with Crippen molar-refractivity contribution >= 4 is 27.5 Å². The molecule has 8 heteroatoms. The van der Waals surface area contributed by atoms with E-state index in [9.17, 15) is 9.59 Å². The lowest BCUT2D eigenvalue weighted by Gasteiger charge is -2.27. The molecule has 0 atom stereocenters. The fraction of sp³-hybridized carbons (Fsp3) is 0.632. The van der Waals surface area contributed by atoms with Gasteiger partial charge in [0.25, 0.3) is 5.56 Å². The van der Waals surface area contributed by atoms with Crippen LogP contribution in [0.5, 0.6) is 0 Å². The van der Waals surface area contributed by atoms with Crippen LogP contribution in [0.2, 0.25) is 0 Å². The lowest BCUT2D eigenvalue weighted by Crippen LogP contribution is -2.44. The molecular weight excluding hydrogens is 364 g/mol. The molecule has 7 nitrogen and oxygen atoms in total. The number of morpholine rings is 1. The zero-order valence-electron chi connectivity index (χ0n) is 16.0. The number of likely N-dealkylation sites (tertiary alicyclic amines) is 1. The normalized spacial score (nSPS) is 18.5. The Bertz CT molecular complexity index is 908. The van der Waals surface area contributed by atoms with Gasteiger partial charge in [0.15, 0.2) is 0 Å². The van der Waals surface area contributed by atoms with Gasteiger partial charge >= 0.3 is 0 Å². The Labute approximate surface area is 162 Å². The Balaban J connectivity index is 1.72. The SMILES string of the molecule is Cc1sc2nc(CN3CCCC3)n(CC(=O)N3CCOCC3)c(=O)c2c1C. The summed E-state index contributed by atoms with van der Waals surface area (Å²) in [4.78, 5) is 36.9. The first-order valence-corrected chi connectivity index (χ1v) is 10.4. The number of fused-ring (bicyclic) bond motifs is 1. The molecule has 0 aromatic carbocycles. The monoisotopic (exact) mass is 390 g/mol. The van der Waals surface area contributed by atoms with E-state index in [2.05, 4.69) is 4.90 Å². The first-order valence-electron chi connectivity index (χ1n) is 9.62. The predicted molar refractivity (Wildman–Crippen MR) is 105 cm³/mol. The molecule has 0 saturated carbocycles. The van der Waals surface area contributed by atoms with Crippen LogP contribution in [0.3, 0.4) is 0 Å². The summed E-state index contributed by atoms with van der Waals surface area (Å²) in [5, 5.41) is 0.664. The van der Waals surface area contributed by atoms with Crippen molar-refractivity contribution < 1.29 is 9.53 Å². The van der Waals surface area contributed by atoms with Crippen LogP contribution in [0.15, 0.2) is 4.79 Å². The van der Waals surface area contributed by atoms with Gasteiger partial charge in [-0.05, 0) is 45.3 Å². The van der Waals surface area contributed by atoms with E-state index >= 15 is 0 Å². The zero-order valence-corrected chi connectivity index (χ0v) is 16.8. The van der Waals surface area contributed by atoms with Gasteiger partial charge < -0.3 is 9.64 Å². The van der Waals surface area contributed by atoms with Crippen LogP contribution < -0.4 is 5.56 Å². The standard InChI is InChI=1S/C19H26N4O3S/c1-13-14(2)27-18-17(13)19(25)23(12-16(24)22-7-9-26-10-8-22)15(20-18)11-21-5-3-4-6-21/h3-12H2,1-2H3. The van der Waals surface area contributed by atoms with Crippen molar-refractivity contribution in [3.8, 4) is 0 Å². The average molecular weight is 391 g/mol. The van der Waals surface area contributed by atoms with Crippen LogP contribution in [-0.4, -0.2) is 64.7 Å². The second kappa shape index (κ2) is 7.69. The van der Waals surface area contributed by atoms with Gasteiger partial charge in [-0.2, -0.15) is 0 Å². The summed E-state index contributed by atoms with van der Waals surface area (Å²) in [5.41, 5.74) is 0.894. The number of carbonyl (C=O) groups is 1. The maximum atomic E-state index is 13.3. The van der Waals surface area contributed by atoms with Gasteiger partial charge in [0.1, 0.15) is 17.2 Å². The third-order valence-electron chi connectivity index (χ3n) is 5.59. The highest BCUT2D eigenvalue weighted by Crippen LogP contribution is 2.26. The largest absolute Gasteiger partial charge is 0.378 e. The Morgan fingerprint density at radius 3 is 2.56 bits per heavy atom. The summed E-state index contributed by atoms with van der Waals surface area (Å²) in [7, 11) is 0. The minimum Gasteiger partial charge on any atom is -0.378 e. The second-order valence-corrected chi connectivity index (χ2v) is 8.56. The number of amides is 1. The molecule has 0 spiro atoms.